The van der Waals surface area contributed by atoms with Crippen molar-refractivity contribution in [2.24, 2.45) is 0 Å². The van der Waals surface area contributed by atoms with E-state index in [0.29, 0.717) is 34.9 Å². The molecule has 142 valence electrons. The first-order valence-corrected chi connectivity index (χ1v) is 9.10. The monoisotopic (exact) mass is 376 g/mol. The highest BCUT2D eigenvalue weighted by Crippen LogP contribution is 2.32. The largest absolute Gasteiger partial charge is 0.485 e. The van der Waals surface area contributed by atoms with E-state index in [0.717, 1.165) is 22.1 Å². The topological polar surface area (TPSA) is 93.9 Å². The third-order valence-electron chi connectivity index (χ3n) is 4.94. The van der Waals surface area contributed by atoms with Crippen LogP contribution < -0.4 is 4.74 Å². The lowest BCUT2D eigenvalue weighted by molar-refractivity contribution is 0.103. The van der Waals surface area contributed by atoms with Gasteiger partial charge in [-0.05, 0) is 43.2 Å². The summed E-state index contributed by atoms with van der Waals surface area (Å²) in [4.78, 5) is 13.4. The number of carbonyl (C=O) groups is 1. The first-order chi connectivity index (χ1) is 13.6. The Kier molecular flexibility index (Phi) is 4.65. The molecule has 7 heteroatoms. The van der Waals surface area contributed by atoms with Gasteiger partial charge in [-0.1, -0.05) is 30.3 Å². The summed E-state index contributed by atoms with van der Waals surface area (Å²) >= 11 is 0. The average Bonchev–Trinajstić information content (AvgIpc) is 3.35. The highest BCUT2D eigenvalue weighted by molar-refractivity contribution is 6.17. The number of fused-ring (bicyclic) bond motifs is 1. The second kappa shape index (κ2) is 7.26. The Morgan fingerprint density at radius 3 is 2.71 bits per heavy atom. The van der Waals surface area contributed by atoms with Crippen molar-refractivity contribution in [1.29, 1.82) is 0 Å². The van der Waals surface area contributed by atoms with E-state index < -0.39 is 0 Å². The van der Waals surface area contributed by atoms with Crippen molar-refractivity contribution in [2.45, 2.75) is 33.8 Å². The second-order valence-electron chi connectivity index (χ2n) is 6.56. The van der Waals surface area contributed by atoms with Crippen LogP contribution in [-0.2, 0) is 13.0 Å². The van der Waals surface area contributed by atoms with Crippen LogP contribution in [-0.4, -0.2) is 26.4 Å². The first-order valence-electron chi connectivity index (χ1n) is 9.10. The van der Waals surface area contributed by atoms with Gasteiger partial charge in [-0.3, -0.25) is 4.79 Å². The van der Waals surface area contributed by atoms with Crippen LogP contribution in [0.5, 0.6) is 5.75 Å². The molecular weight excluding hydrogens is 356 g/mol. The number of aromatic amines is 1. The summed E-state index contributed by atoms with van der Waals surface area (Å²) in [7, 11) is 0. The Labute approximate surface area is 161 Å². The SMILES string of the molecule is CCc1oc2ccccc2c1C(=O)c1ccc(OCc2nn[nH]n2)c(C)c1C. The van der Waals surface area contributed by atoms with E-state index in [2.05, 4.69) is 20.6 Å². The number of ketones is 1. The molecule has 0 spiro atoms. The van der Waals surface area contributed by atoms with E-state index in [4.69, 9.17) is 9.15 Å². The quantitative estimate of drug-likeness (QED) is 0.512. The summed E-state index contributed by atoms with van der Waals surface area (Å²) in [5, 5.41) is 14.5. The summed E-state index contributed by atoms with van der Waals surface area (Å²) in [5.74, 6) is 1.83. The lowest BCUT2D eigenvalue weighted by atomic mass is 9.93. The molecule has 0 atom stereocenters. The normalized spacial score (nSPS) is 11.1. The van der Waals surface area contributed by atoms with Gasteiger partial charge in [-0.2, -0.15) is 5.21 Å². The maximum absolute atomic E-state index is 13.4. The van der Waals surface area contributed by atoms with Gasteiger partial charge in [0, 0.05) is 17.4 Å². The molecule has 28 heavy (non-hydrogen) atoms. The van der Waals surface area contributed by atoms with Gasteiger partial charge in [0.2, 0.25) is 5.82 Å². The molecule has 7 nitrogen and oxygen atoms in total. The highest BCUT2D eigenvalue weighted by Gasteiger charge is 2.23. The molecule has 0 radical (unpaired) electrons. The van der Waals surface area contributed by atoms with Crippen molar-refractivity contribution in [3.8, 4) is 5.75 Å². The van der Waals surface area contributed by atoms with Crippen LogP contribution in [0.1, 0.15) is 45.6 Å². The number of ether oxygens (including phenoxy) is 1. The minimum Gasteiger partial charge on any atom is -0.485 e. The highest BCUT2D eigenvalue weighted by atomic mass is 16.5. The Bertz CT molecular complexity index is 1150. The van der Waals surface area contributed by atoms with Crippen molar-refractivity contribution >= 4 is 16.8 Å². The average molecular weight is 376 g/mol. The van der Waals surface area contributed by atoms with E-state index >= 15 is 0 Å². The van der Waals surface area contributed by atoms with Gasteiger partial charge in [0.05, 0.1) is 5.56 Å². The van der Waals surface area contributed by atoms with Gasteiger partial charge in [-0.15, -0.1) is 10.2 Å². The van der Waals surface area contributed by atoms with Crippen LogP contribution in [0.25, 0.3) is 11.0 Å². The number of aromatic nitrogens is 4. The van der Waals surface area contributed by atoms with Crippen LogP contribution in [0.15, 0.2) is 40.8 Å². The van der Waals surface area contributed by atoms with Crippen molar-refractivity contribution in [3.63, 3.8) is 0 Å². The number of aryl methyl sites for hydroxylation is 1. The van der Waals surface area contributed by atoms with Gasteiger partial charge >= 0.3 is 0 Å². The second-order valence-corrected chi connectivity index (χ2v) is 6.56. The molecule has 4 aromatic rings. The van der Waals surface area contributed by atoms with Gasteiger partial charge in [0.15, 0.2) is 12.4 Å². The predicted molar refractivity (Wildman–Crippen MR) is 103 cm³/mol. The Hall–Kier alpha value is -3.48. The first kappa shape index (κ1) is 17.9. The smallest absolute Gasteiger partial charge is 0.211 e. The molecule has 0 fully saturated rings. The number of para-hydroxylation sites is 1. The van der Waals surface area contributed by atoms with E-state index in [9.17, 15) is 4.79 Å². The number of H-pyrrole nitrogens is 1. The van der Waals surface area contributed by atoms with Crippen LogP contribution >= 0.6 is 0 Å². The van der Waals surface area contributed by atoms with Gasteiger partial charge < -0.3 is 9.15 Å². The van der Waals surface area contributed by atoms with Crippen molar-refractivity contribution in [3.05, 3.63) is 70.2 Å². The minimum absolute atomic E-state index is 0.0351. The third-order valence-corrected chi connectivity index (χ3v) is 4.94. The molecule has 2 heterocycles. The van der Waals surface area contributed by atoms with Crippen molar-refractivity contribution < 1.29 is 13.9 Å². The molecule has 1 N–H and O–H groups in total. The third kappa shape index (κ3) is 3.05. The molecule has 0 bridgehead atoms. The van der Waals surface area contributed by atoms with Crippen LogP contribution in [0.3, 0.4) is 0 Å². The maximum Gasteiger partial charge on any atom is 0.211 e. The Balaban J connectivity index is 1.70. The number of nitrogens with zero attached hydrogens (tertiary/aromatic N) is 3. The lowest BCUT2D eigenvalue weighted by Crippen LogP contribution is -2.08. The van der Waals surface area contributed by atoms with Crippen LogP contribution in [0.4, 0.5) is 0 Å². The van der Waals surface area contributed by atoms with Gasteiger partial charge in [0.1, 0.15) is 17.1 Å². The number of hydrogen-bond donors (Lipinski definition) is 1. The molecule has 0 aliphatic rings. The van der Waals surface area contributed by atoms with Gasteiger partial charge in [-0.25, -0.2) is 0 Å². The van der Waals surface area contributed by atoms with Gasteiger partial charge in [0.25, 0.3) is 0 Å². The maximum atomic E-state index is 13.4. The summed E-state index contributed by atoms with van der Waals surface area (Å²) in [5.41, 5.74) is 3.80. The van der Waals surface area contributed by atoms with Crippen LogP contribution in [0, 0.1) is 13.8 Å². The minimum atomic E-state index is -0.0351. The number of tetrazole rings is 1. The molecule has 2 aromatic heterocycles. The fourth-order valence-corrected chi connectivity index (χ4v) is 3.31. The number of nitrogens with one attached hydrogen (secondary N) is 1. The molecule has 2 aromatic carbocycles. The van der Waals surface area contributed by atoms with E-state index in [-0.39, 0.29) is 12.4 Å². The number of hydrogen-bond acceptors (Lipinski definition) is 6. The molecule has 0 saturated heterocycles. The molecular formula is C21H20N4O3. The number of carbonyl (C=O) groups excluding carboxylic acids is 1. The Morgan fingerprint density at radius 2 is 1.96 bits per heavy atom. The zero-order chi connectivity index (χ0) is 19.7. The lowest BCUT2D eigenvalue weighted by Gasteiger charge is -2.13. The summed E-state index contributed by atoms with van der Waals surface area (Å²) in [6.45, 7) is 6.06. The van der Waals surface area contributed by atoms with E-state index in [1.807, 2.05) is 51.1 Å². The molecule has 4 rings (SSSR count). The van der Waals surface area contributed by atoms with Crippen molar-refractivity contribution in [2.75, 3.05) is 0 Å². The van der Waals surface area contributed by atoms with E-state index in [1.165, 1.54) is 0 Å². The molecule has 0 saturated carbocycles. The fourth-order valence-electron chi connectivity index (χ4n) is 3.31. The predicted octanol–water partition coefficient (Wildman–Crippen LogP) is 3.94. The van der Waals surface area contributed by atoms with E-state index in [1.54, 1.807) is 6.07 Å². The summed E-state index contributed by atoms with van der Waals surface area (Å²) < 4.78 is 11.7. The number of rotatable bonds is 6. The number of benzene rings is 2. The molecule has 0 aliphatic heterocycles. The summed E-state index contributed by atoms with van der Waals surface area (Å²) in [6.07, 6.45) is 0.652. The molecule has 0 aliphatic carbocycles. The Morgan fingerprint density at radius 1 is 1.14 bits per heavy atom. The molecule has 0 amide bonds. The zero-order valence-corrected chi connectivity index (χ0v) is 15.9. The molecule has 0 unspecified atom stereocenters. The fraction of sp³-hybridized carbons (Fsp3) is 0.238. The summed E-state index contributed by atoms with van der Waals surface area (Å²) in [6, 6.07) is 11.3. The number of furan rings is 1. The van der Waals surface area contributed by atoms with Crippen LogP contribution in [0.2, 0.25) is 0 Å². The zero-order valence-electron chi connectivity index (χ0n) is 15.9. The standard InChI is InChI=1S/C21H20N4O3/c1-4-16-20(15-7-5-6-8-18(15)28-16)21(26)14-9-10-17(13(3)12(14)2)27-11-19-22-24-25-23-19/h5-10H,4,11H2,1-3H3,(H,22,23,24,25). The van der Waals surface area contributed by atoms with Crippen molar-refractivity contribution in [1.82, 2.24) is 20.6 Å².